The standard InChI is InChI=1S/C24H40O3/c1-15(22(26-4)27-5)19-8-9-20-18-7-6-16-14-17(25)10-12-23(16,2)21(18)11-13-24(19,20)3/h6-7,15-22,25H,8-14H2,1-5H3/t15?,16?,17?,18-,19+,20-,21-,23-,24+/m0/s1. The van der Waals surface area contributed by atoms with Crippen molar-refractivity contribution in [1.82, 2.24) is 0 Å². The van der Waals surface area contributed by atoms with E-state index in [-0.39, 0.29) is 12.4 Å². The van der Waals surface area contributed by atoms with E-state index in [1.165, 1.54) is 32.1 Å². The molecule has 0 saturated heterocycles. The number of allylic oxidation sites excluding steroid dienone is 2. The van der Waals surface area contributed by atoms with Crippen LogP contribution in [0.15, 0.2) is 12.2 Å². The zero-order chi connectivity index (χ0) is 19.4. The normalized spacial score (nSPS) is 50.2. The van der Waals surface area contributed by atoms with E-state index in [4.69, 9.17) is 9.47 Å². The van der Waals surface area contributed by atoms with Gasteiger partial charge in [-0.3, -0.25) is 0 Å². The summed E-state index contributed by atoms with van der Waals surface area (Å²) in [5.74, 6) is 4.01. The molecule has 0 aromatic heterocycles. The van der Waals surface area contributed by atoms with Crippen molar-refractivity contribution >= 4 is 0 Å². The smallest absolute Gasteiger partial charge is 0.159 e. The van der Waals surface area contributed by atoms with Gasteiger partial charge in [-0.05, 0) is 85.4 Å². The van der Waals surface area contributed by atoms with Gasteiger partial charge in [-0.2, -0.15) is 0 Å². The predicted molar refractivity (Wildman–Crippen MR) is 108 cm³/mol. The van der Waals surface area contributed by atoms with E-state index < -0.39 is 0 Å². The van der Waals surface area contributed by atoms with Crippen LogP contribution < -0.4 is 0 Å². The van der Waals surface area contributed by atoms with Gasteiger partial charge in [0.15, 0.2) is 6.29 Å². The van der Waals surface area contributed by atoms with Crippen LogP contribution in [-0.4, -0.2) is 31.7 Å². The minimum atomic E-state index is -0.0908. The molecule has 0 spiro atoms. The van der Waals surface area contributed by atoms with Crippen LogP contribution in [0, 0.1) is 46.3 Å². The van der Waals surface area contributed by atoms with E-state index in [2.05, 4.69) is 32.9 Å². The Morgan fingerprint density at radius 1 is 0.926 bits per heavy atom. The summed E-state index contributed by atoms with van der Waals surface area (Å²) in [4.78, 5) is 0. The van der Waals surface area contributed by atoms with E-state index >= 15 is 0 Å². The van der Waals surface area contributed by atoms with Gasteiger partial charge in [0.2, 0.25) is 0 Å². The van der Waals surface area contributed by atoms with Gasteiger partial charge >= 0.3 is 0 Å². The van der Waals surface area contributed by atoms with Crippen LogP contribution in [0.4, 0.5) is 0 Å². The molecule has 154 valence electrons. The van der Waals surface area contributed by atoms with Crippen LogP contribution in [0.2, 0.25) is 0 Å². The molecule has 1 N–H and O–H groups in total. The summed E-state index contributed by atoms with van der Waals surface area (Å²) in [5.41, 5.74) is 0.795. The Hall–Kier alpha value is -0.380. The fraction of sp³-hybridized carbons (Fsp3) is 0.917. The van der Waals surface area contributed by atoms with Gasteiger partial charge in [0, 0.05) is 20.1 Å². The van der Waals surface area contributed by atoms with Crippen LogP contribution in [0.25, 0.3) is 0 Å². The second-order valence-electron chi connectivity index (χ2n) is 10.6. The van der Waals surface area contributed by atoms with Crippen molar-refractivity contribution in [2.45, 2.75) is 78.1 Å². The highest BCUT2D eigenvalue weighted by Crippen LogP contribution is 2.67. The Morgan fingerprint density at radius 3 is 2.30 bits per heavy atom. The molecule has 9 atom stereocenters. The molecule has 0 aromatic carbocycles. The summed E-state index contributed by atoms with van der Waals surface area (Å²) < 4.78 is 11.3. The maximum Gasteiger partial charge on any atom is 0.159 e. The maximum atomic E-state index is 10.2. The predicted octanol–water partition coefficient (Wildman–Crippen LogP) is 5.04. The number of aliphatic hydroxyl groups is 1. The molecule has 0 bridgehead atoms. The lowest BCUT2D eigenvalue weighted by molar-refractivity contribution is -0.161. The number of methoxy groups -OCH3 is 2. The summed E-state index contributed by atoms with van der Waals surface area (Å²) in [5, 5.41) is 10.2. The highest BCUT2D eigenvalue weighted by Gasteiger charge is 2.60. The van der Waals surface area contributed by atoms with Crippen LogP contribution in [0.1, 0.15) is 65.7 Å². The Morgan fingerprint density at radius 2 is 1.59 bits per heavy atom. The number of fused-ring (bicyclic) bond motifs is 5. The van der Waals surface area contributed by atoms with Crippen LogP contribution in [-0.2, 0) is 9.47 Å². The third-order valence-corrected chi connectivity index (χ3v) is 9.74. The van der Waals surface area contributed by atoms with Crippen LogP contribution in [0.3, 0.4) is 0 Å². The summed E-state index contributed by atoms with van der Waals surface area (Å²) in [6, 6.07) is 0. The van der Waals surface area contributed by atoms with Gasteiger partial charge in [-0.1, -0.05) is 32.9 Å². The van der Waals surface area contributed by atoms with Crippen molar-refractivity contribution in [3.05, 3.63) is 12.2 Å². The van der Waals surface area contributed by atoms with E-state index in [0.717, 1.165) is 30.6 Å². The minimum absolute atomic E-state index is 0.0881. The first-order valence-corrected chi connectivity index (χ1v) is 11.3. The minimum Gasteiger partial charge on any atom is -0.393 e. The van der Waals surface area contributed by atoms with Crippen molar-refractivity contribution < 1.29 is 14.6 Å². The SMILES string of the molecule is COC(OC)C(C)[C@H]1CC[C@H]2[C@@H]3C=CC4CC(O)CC[C@]4(C)[C@H]3CC[C@]12C. The first kappa shape index (κ1) is 19.9. The maximum absolute atomic E-state index is 10.2. The monoisotopic (exact) mass is 376 g/mol. The average molecular weight is 377 g/mol. The summed E-state index contributed by atoms with van der Waals surface area (Å²) in [6.45, 7) is 7.43. The zero-order valence-corrected chi connectivity index (χ0v) is 18.0. The highest BCUT2D eigenvalue weighted by molar-refractivity contribution is 5.18. The van der Waals surface area contributed by atoms with Gasteiger partial charge in [-0.25, -0.2) is 0 Å². The molecule has 27 heavy (non-hydrogen) atoms. The third kappa shape index (κ3) is 2.95. The van der Waals surface area contributed by atoms with Crippen molar-refractivity contribution in [2.75, 3.05) is 14.2 Å². The second kappa shape index (κ2) is 7.15. The first-order valence-electron chi connectivity index (χ1n) is 11.3. The first-order chi connectivity index (χ1) is 12.8. The van der Waals surface area contributed by atoms with Crippen molar-refractivity contribution in [1.29, 1.82) is 0 Å². The molecule has 0 heterocycles. The lowest BCUT2D eigenvalue weighted by atomic mass is 9.46. The molecule has 4 rings (SSSR count). The Labute approximate surface area is 165 Å². The van der Waals surface area contributed by atoms with E-state index in [1.807, 2.05) is 0 Å². The molecule has 3 unspecified atom stereocenters. The molecule has 3 nitrogen and oxygen atoms in total. The molecule has 3 heteroatoms. The second-order valence-corrected chi connectivity index (χ2v) is 10.6. The highest BCUT2D eigenvalue weighted by atomic mass is 16.7. The number of hydrogen-bond acceptors (Lipinski definition) is 3. The van der Waals surface area contributed by atoms with Gasteiger partial charge < -0.3 is 14.6 Å². The van der Waals surface area contributed by atoms with Gasteiger partial charge in [-0.15, -0.1) is 0 Å². The van der Waals surface area contributed by atoms with Crippen molar-refractivity contribution in [3.63, 3.8) is 0 Å². The van der Waals surface area contributed by atoms with Crippen LogP contribution in [0.5, 0.6) is 0 Å². The molecule has 4 aliphatic rings. The van der Waals surface area contributed by atoms with Crippen molar-refractivity contribution in [2.24, 2.45) is 46.3 Å². The average Bonchev–Trinajstić information content (AvgIpc) is 3.00. The number of aliphatic hydroxyl groups excluding tert-OH is 1. The number of ether oxygens (including phenoxy) is 2. The van der Waals surface area contributed by atoms with Crippen LogP contribution >= 0.6 is 0 Å². The molecule has 3 saturated carbocycles. The van der Waals surface area contributed by atoms with E-state index in [9.17, 15) is 5.11 Å². The third-order valence-electron chi connectivity index (χ3n) is 9.74. The van der Waals surface area contributed by atoms with Gasteiger partial charge in [0.25, 0.3) is 0 Å². The molecular formula is C24H40O3. The Bertz CT molecular complexity index is 570. The number of hydrogen-bond donors (Lipinski definition) is 1. The molecule has 0 aromatic rings. The summed E-state index contributed by atoms with van der Waals surface area (Å²) in [7, 11) is 3.55. The Balaban J connectivity index is 1.59. The topological polar surface area (TPSA) is 38.7 Å². The van der Waals surface area contributed by atoms with Gasteiger partial charge in [0.05, 0.1) is 6.10 Å². The molecule has 0 aliphatic heterocycles. The van der Waals surface area contributed by atoms with E-state index in [1.54, 1.807) is 14.2 Å². The van der Waals surface area contributed by atoms with Crippen molar-refractivity contribution in [3.8, 4) is 0 Å². The largest absolute Gasteiger partial charge is 0.393 e. The zero-order valence-electron chi connectivity index (χ0n) is 18.0. The lowest BCUT2D eigenvalue weighted by Gasteiger charge is -2.59. The summed E-state index contributed by atoms with van der Waals surface area (Å²) >= 11 is 0. The van der Waals surface area contributed by atoms with Gasteiger partial charge in [0.1, 0.15) is 0 Å². The summed E-state index contributed by atoms with van der Waals surface area (Å²) in [6.07, 6.45) is 13.4. The quantitative estimate of drug-likeness (QED) is 0.552. The van der Waals surface area contributed by atoms with E-state index in [0.29, 0.717) is 28.6 Å². The fourth-order valence-corrected chi connectivity index (χ4v) is 8.22. The molecule has 0 amide bonds. The molecular weight excluding hydrogens is 336 g/mol. The molecule has 4 aliphatic carbocycles. The molecule has 3 fully saturated rings. The Kier molecular flexibility index (Phi) is 5.27. The number of rotatable bonds is 4. The molecule has 0 radical (unpaired) electrons. The fourth-order valence-electron chi connectivity index (χ4n) is 8.22. The lowest BCUT2D eigenvalue weighted by Crippen LogP contribution is -2.52.